The number of likely N-dealkylation sites (N-methyl/N-ethyl adjacent to an activating group) is 1. The van der Waals surface area contributed by atoms with Gasteiger partial charge in [-0.3, -0.25) is 9.59 Å². The van der Waals surface area contributed by atoms with E-state index in [1.807, 2.05) is 32.3 Å². The summed E-state index contributed by atoms with van der Waals surface area (Å²) < 4.78 is 0. The number of benzene rings is 1. The molecule has 6 heteroatoms. The van der Waals surface area contributed by atoms with Crippen LogP contribution >= 0.6 is 11.6 Å². The molecule has 2 heterocycles. The van der Waals surface area contributed by atoms with Crippen molar-refractivity contribution in [3.8, 4) is 0 Å². The number of halogens is 1. The molecule has 0 aromatic heterocycles. The molecule has 2 N–H and O–H groups in total. The average Bonchev–Trinajstić information content (AvgIpc) is 3.16. The molecule has 3 aliphatic rings. The topological polar surface area (TPSA) is 61.4 Å². The zero-order chi connectivity index (χ0) is 22.6. The zero-order valence-corrected chi connectivity index (χ0v) is 20.2. The van der Waals surface area contributed by atoms with E-state index in [2.05, 4.69) is 31.4 Å². The van der Waals surface area contributed by atoms with E-state index in [9.17, 15) is 9.59 Å². The average molecular weight is 446 g/mol. The van der Waals surface area contributed by atoms with Crippen molar-refractivity contribution in [3.63, 3.8) is 0 Å². The van der Waals surface area contributed by atoms with Gasteiger partial charge in [-0.25, -0.2) is 0 Å². The van der Waals surface area contributed by atoms with Gasteiger partial charge < -0.3 is 15.5 Å². The van der Waals surface area contributed by atoms with E-state index in [-0.39, 0.29) is 35.2 Å². The summed E-state index contributed by atoms with van der Waals surface area (Å²) in [6.07, 6.45) is 6.52. The zero-order valence-electron chi connectivity index (χ0n) is 19.4. The van der Waals surface area contributed by atoms with Crippen LogP contribution in [-0.4, -0.2) is 42.9 Å². The molecule has 1 saturated heterocycles. The second-order valence-electron chi connectivity index (χ2n) is 11.1. The Morgan fingerprint density at radius 1 is 1.19 bits per heavy atom. The maximum absolute atomic E-state index is 13.9. The third-order valence-corrected chi connectivity index (χ3v) is 7.78. The van der Waals surface area contributed by atoms with Gasteiger partial charge in [-0.2, -0.15) is 0 Å². The molecule has 1 aromatic rings. The quantitative estimate of drug-likeness (QED) is 0.715. The highest BCUT2D eigenvalue weighted by molar-refractivity contribution is 6.31. The number of carbonyl (C=O) groups is 2. The molecular weight excluding hydrogens is 410 g/mol. The van der Waals surface area contributed by atoms with Crippen molar-refractivity contribution < 1.29 is 9.59 Å². The number of nitrogens with one attached hydrogen (secondary N) is 2. The monoisotopic (exact) mass is 445 g/mol. The van der Waals surface area contributed by atoms with Gasteiger partial charge in [0.25, 0.3) is 0 Å². The van der Waals surface area contributed by atoms with Gasteiger partial charge in [0.05, 0.1) is 11.5 Å². The Morgan fingerprint density at radius 3 is 2.48 bits per heavy atom. The molecule has 5 nitrogen and oxygen atoms in total. The van der Waals surface area contributed by atoms with E-state index >= 15 is 0 Å². The molecule has 1 aliphatic carbocycles. The molecule has 4 rings (SSSR count). The van der Waals surface area contributed by atoms with Gasteiger partial charge in [0.15, 0.2) is 0 Å². The number of anilines is 1. The molecule has 170 valence electrons. The summed E-state index contributed by atoms with van der Waals surface area (Å²) in [5.41, 5.74) is 1.06. The normalized spacial score (nSPS) is 31.0. The van der Waals surface area contributed by atoms with Crippen LogP contribution in [0.25, 0.3) is 0 Å². The number of fused-ring (bicyclic) bond motifs is 2. The molecule has 4 atom stereocenters. The molecule has 0 radical (unpaired) electrons. The second-order valence-corrected chi connectivity index (χ2v) is 11.6. The molecule has 1 aromatic carbocycles. The fraction of sp³-hybridized carbons (Fsp3) is 0.680. The van der Waals surface area contributed by atoms with Crippen molar-refractivity contribution in [2.45, 2.75) is 76.8 Å². The molecule has 2 aliphatic heterocycles. The Labute approximate surface area is 191 Å². The lowest BCUT2D eigenvalue weighted by molar-refractivity contribution is -0.133. The first-order valence-corrected chi connectivity index (χ1v) is 12.0. The van der Waals surface area contributed by atoms with E-state index in [0.29, 0.717) is 10.9 Å². The fourth-order valence-corrected chi connectivity index (χ4v) is 6.60. The molecule has 4 unspecified atom stereocenters. The Kier molecular flexibility index (Phi) is 5.89. The Bertz CT molecular complexity index is 872. The minimum Gasteiger partial charge on any atom is -0.347 e. The standard InChI is InChI=1S/C25H36ClN3O2/c1-24(2,3)14-19-25(17-12-11-16(26)13-18(17)27-23(25)31)20(15-9-7-6-8-10-15)21(28-19)22(30)29(4)5/h11-13,15,19-21,28H,6-10,14H2,1-5H3,(H,27,31). The number of hydrogen-bond acceptors (Lipinski definition) is 3. The first-order valence-electron chi connectivity index (χ1n) is 11.6. The van der Waals surface area contributed by atoms with Gasteiger partial charge in [0, 0.05) is 36.8 Å². The van der Waals surface area contributed by atoms with Gasteiger partial charge in [-0.15, -0.1) is 0 Å². The van der Waals surface area contributed by atoms with Crippen LogP contribution < -0.4 is 10.6 Å². The molecule has 1 spiro atoms. The number of carbonyl (C=O) groups excluding carboxylic acids is 2. The fourth-order valence-electron chi connectivity index (χ4n) is 6.43. The number of rotatable bonds is 3. The summed E-state index contributed by atoms with van der Waals surface area (Å²) in [6, 6.07) is 5.28. The largest absolute Gasteiger partial charge is 0.347 e. The first-order chi connectivity index (χ1) is 14.6. The first kappa shape index (κ1) is 22.6. The summed E-state index contributed by atoms with van der Waals surface area (Å²) >= 11 is 6.29. The van der Waals surface area contributed by atoms with Gasteiger partial charge in [0.1, 0.15) is 0 Å². The van der Waals surface area contributed by atoms with Crippen LogP contribution in [0.5, 0.6) is 0 Å². The van der Waals surface area contributed by atoms with Crippen molar-refractivity contribution in [2.24, 2.45) is 17.3 Å². The van der Waals surface area contributed by atoms with E-state index in [1.54, 1.807) is 4.90 Å². The smallest absolute Gasteiger partial charge is 0.239 e. The molecule has 1 saturated carbocycles. The van der Waals surface area contributed by atoms with Crippen LogP contribution in [-0.2, 0) is 15.0 Å². The SMILES string of the molecule is CN(C)C(=O)C1NC(CC(C)(C)C)C2(C(=O)Nc3cc(Cl)ccc32)C1C1CCCCC1. The summed E-state index contributed by atoms with van der Waals surface area (Å²) in [6.45, 7) is 6.61. The lowest BCUT2D eigenvalue weighted by Gasteiger charge is -2.42. The van der Waals surface area contributed by atoms with Crippen molar-refractivity contribution in [1.29, 1.82) is 0 Å². The predicted octanol–water partition coefficient (Wildman–Crippen LogP) is 4.59. The third-order valence-electron chi connectivity index (χ3n) is 7.55. The lowest BCUT2D eigenvalue weighted by atomic mass is 9.59. The van der Waals surface area contributed by atoms with Crippen LogP contribution in [0.15, 0.2) is 18.2 Å². The second kappa shape index (κ2) is 8.08. The van der Waals surface area contributed by atoms with Crippen molar-refractivity contribution in [1.82, 2.24) is 10.2 Å². The Hall–Kier alpha value is -1.59. The lowest BCUT2D eigenvalue weighted by Crippen LogP contribution is -2.52. The van der Waals surface area contributed by atoms with Gasteiger partial charge in [-0.05, 0) is 35.4 Å². The summed E-state index contributed by atoms with van der Waals surface area (Å²) in [5.74, 6) is 0.364. The van der Waals surface area contributed by atoms with Crippen LogP contribution in [0.1, 0.15) is 64.9 Å². The Morgan fingerprint density at radius 2 is 1.87 bits per heavy atom. The highest BCUT2D eigenvalue weighted by Crippen LogP contribution is 2.57. The van der Waals surface area contributed by atoms with Crippen molar-refractivity contribution in [3.05, 3.63) is 28.8 Å². The maximum atomic E-state index is 13.9. The summed E-state index contributed by atoms with van der Waals surface area (Å²) in [4.78, 5) is 29.0. The predicted molar refractivity (Wildman–Crippen MR) is 125 cm³/mol. The minimum atomic E-state index is -0.758. The van der Waals surface area contributed by atoms with Gasteiger partial charge >= 0.3 is 0 Å². The van der Waals surface area contributed by atoms with Crippen molar-refractivity contribution in [2.75, 3.05) is 19.4 Å². The number of amides is 2. The van der Waals surface area contributed by atoms with E-state index < -0.39 is 5.41 Å². The molecule has 2 amide bonds. The van der Waals surface area contributed by atoms with Crippen LogP contribution in [0.3, 0.4) is 0 Å². The highest BCUT2D eigenvalue weighted by atomic mass is 35.5. The van der Waals surface area contributed by atoms with E-state index in [1.165, 1.54) is 19.3 Å². The van der Waals surface area contributed by atoms with Gasteiger partial charge in [0.2, 0.25) is 11.8 Å². The molecule has 31 heavy (non-hydrogen) atoms. The summed E-state index contributed by atoms with van der Waals surface area (Å²) in [7, 11) is 3.63. The highest BCUT2D eigenvalue weighted by Gasteiger charge is 2.66. The third kappa shape index (κ3) is 3.78. The van der Waals surface area contributed by atoms with E-state index in [0.717, 1.165) is 30.5 Å². The number of nitrogens with zero attached hydrogens (tertiary/aromatic N) is 1. The summed E-state index contributed by atoms with van der Waals surface area (Å²) in [5, 5.41) is 7.48. The minimum absolute atomic E-state index is 0.00724. The molecule has 0 bridgehead atoms. The Balaban J connectivity index is 1.92. The number of hydrogen-bond donors (Lipinski definition) is 2. The van der Waals surface area contributed by atoms with Crippen LogP contribution in [0.2, 0.25) is 5.02 Å². The van der Waals surface area contributed by atoms with Crippen molar-refractivity contribution >= 4 is 29.1 Å². The van der Waals surface area contributed by atoms with Crippen LogP contribution in [0, 0.1) is 17.3 Å². The molecular formula is C25H36ClN3O2. The molecule has 2 fully saturated rings. The van der Waals surface area contributed by atoms with Crippen LogP contribution in [0.4, 0.5) is 5.69 Å². The van der Waals surface area contributed by atoms with Gasteiger partial charge in [-0.1, -0.05) is 70.5 Å². The maximum Gasteiger partial charge on any atom is 0.239 e. The van der Waals surface area contributed by atoms with E-state index in [4.69, 9.17) is 11.6 Å².